The zero-order valence-electron chi connectivity index (χ0n) is 15.3. The molecule has 0 aromatic heterocycles. The van der Waals surface area contributed by atoms with Crippen LogP contribution in [0, 0.1) is 0 Å². The minimum absolute atomic E-state index is 0.115. The van der Waals surface area contributed by atoms with Gasteiger partial charge in [-0.1, -0.05) is 25.1 Å². The molecule has 5 nitrogen and oxygen atoms in total. The van der Waals surface area contributed by atoms with E-state index in [4.69, 9.17) is 9.47 Å². The predicted octanol–water partition coefficient (Wildman–Crippen LogP) is 4.22. The fourth-order valence-electron chi connectivity index (χ4n) is 2.41. The van der Waals surface area contributed by atoms with Gasteiger partial charge in [0.15, 0.2) is 0 Å². The first kappa shape index (κ1) is 19.5. The molecule has 0 unspecified atom stereocenters. The highest BCUT2D eigenvalue weighted by atomic mass is 16.5. The van der Waals surface area contributed by atoms with E-state index in [0.717, 1.165) is 12.2 Å². The van der Waals surface area contributed by atoms with Gasteiger partial charge in [0.25, 0.3) is 0 Å². The van der Waals surface area contributed by atoms with Crippen molar-refractivity contribution in [1.29, 1.82) is 0 Å². The van der Waals surface area contributed by atoms with Gasteiger partial charge in [0.2, 0.25) is 5.91 Å². The van der Waals surface area contributed by atoms with Crippen molar-refractivity contribution in [2.24, 2.45) is 0 Å². The Morgan fingerprint density at radius 1 is 1.04 bits per heavy atom. The minimum Gasteiger partial charge on any atom is -0.494 e. The summed E-state index contributed by atoms with van der Waals surface area (Å²) in [6, 6.07) is 14.7. The average molecular weight is 355 g/mol. The molecule has 1 amide bonds. The molecule has 26 heavy (non-hydrogen) atoms. The first-order chi connectivity index (χ1) is 12.6. The van der Waals surface area contributed by atoms with Crippen LogP contribution in [-0.2, 0) is 16.0 Å². The molecule has 0 aliphatic heterocycles. The van der Waals surface area contributed by atoms with E-state index in [1.54, 1.807) is 31.2 Å². The summed E-state index contributed by atoms with van der Waals surface area (Å²) in [6.45, 7) is 4.65. The Labute approximate surface area is 154 Å². The molecule has 2 aromatic carbocycles. The Morgan fingerprint density at radius 2 is 1.81 bits per heavy atom. The maximum atomic E-state index is 12.0. The summed E-state index contributed by atoms with van der Waals surface area (Å²) in [4.78, 5) is 23.7. The van der Waals surface area contributed by atoms with E-state index < -0.39 is 5.97 Å². The molecule has 0 heterocycles. The van der Waals surface area contributed by atoms with Gasteiger partial charge in [-0.25, -0.2) is 4.79 Å². The van der Waals surface area contributed by atoms with Gasteiger partial charge >= 0.3 is 5.97 Å². The number of hydrogen-bond donors (Lipinski definition) is 1. The fraction of sp³-hybridized carbons (Fsp3) is 0.333. The summed E-state index contributed by atoms with van der Waals surface area (Å²) >= 11 is 0. The number of aryl methyl sites for hydroxylation is 1. The molecule has 138 valence electrons. The molecule has 5 heteroatoms. The topological polar surface area (TPSA) is 64.6 Å². The Morgan fingerprint density at radius 3 is 2.50 bits per heavy atom. The van der Waals surface area contributed by atoms with E-state index in [-0.39, 0.29) is 5.91 Å². The van der Waals surface area contributed by atoms with Crippen LogP contribution in [0.25, 0.3) is 0 Å². The number of rotatable bonds is 9. The molecule has 0 atom stereocenters. The normalized spacial score (nSPS) is 10.2. The Balaban J connectivity index is 1.74. The maximum absolute atomic E-state index is 12.0. The van der Waals surface area contributed by atoms with Crippen molar-refractivity contribution in [2.45, 2.75) is 33.1 Å². The van der Waals surface area contributed by atoms with Crippen LogP contribution in [0.1, 0.15) is 42.6 Å². The number of hydrogen-bond acceptors (Lipinski definition) is 4. The largest absolute Gasteiger partial charge is 0.494 e. The third kappa shape index (κ3) is 6.24. The molecule has 2 aromatic rings. The molecule has 0 bridgehead atoms. The van der Waals surface area contributed by atoms with Crippen LogP contribution in [0.3, 0.4) is 0 Å². The van der Waals surface area contributed by atoms with E-state index in [1.807, 2.05) is 24.3 Å². The number of carbonyl (C=O) groups excluding carboxylic acids is 2. The number of amides is 1. The number of carbonyl (C=O) groups is 2. The van der Waals surface area contributed by atoms with Gasteiger partial charge in [-0.3, -0.25) is 4.79 Å². The van der Waals surface area contributed by atoms with Gasteiger partial charge in [-0.15, -0.1) is 0 Å². The molecule has 1 N–H and O–H groups in total. The lowest BCUT2D eigenvalue weighted by Gasteiger charge is -2.08. The second-order valence-corrected chi connectivity index (χ2v) is 5.80. The Bertz CT molecular complexity index is 725. The summed E-state index contributed by atoms with van der Waals surface area (Å²) in [5.41, 5.74) is 2.27. The molecule has 0 aliphatic carbocycles. The van der Waals surface area contributed by atoms with Crippen LogP contribution in [0.5, 0.6) is 5.75 Å². The van der Waals surface area contributed by atoms with E-state index in [2.05, 4.69) is 12.2 Å². The fourth-order valence-corrected chi connectivity index (χ4v) is 2.41. The van der Waals surface area contributed by atoms with Crippen molar-refractivity contribution >= 4 is 17.6 Å². The highest BCUT2D eigenvalue weighted by molar-refractivity contribution is 5.94. The minimum atomic E-state index is -0.397. The SMILES string of the molecule is CCOC(=O)c1cccc(NC(=O)CCCOc2ccc(CC)cc2)c1. The summed E-state index contributed by atoms with van der Waals surface area (Å²) in [7, 11) is 0. The molecule has 2 rings (SSSR count). The number of nitrogens with one attached hydrogen (secondary N) is 1. The second kappa shape index (κ2) is 10.2. The molecule has 0 saturated heterocycles. The van der Waals surface area contributed by atoms with Gasteiger partial charge in [0.1, 0.15) is 5.75 Å². The third-order valence-electron chi connectivity index (χ3n) is 3.81. The van der Waals surface area contributed by atoms with E-state index in [0.29, 0.717) is 37.3 Å². The smallest absolute Gasteiger partial charge is 0.338 e. The zero-order chi connectivity index (χ0) is 18.8. The number of ether oxygens (including phenoxy) is 2. The Kier molecular flexibility index (Phi) is 7.68. The summed E-state index contributed by atoms with van der Waals surface area (Å²) in [5.74, 6) is 0.298. The molecular formula is C21H25NO4. The lowest BCUT2D eigenvalue weighted by atomic mass is 10.2. The van der Waals surface area contributed by atoms with Gasteiger partial charge in [0, 0.05) is 12.1 Å². The van der Waals surface area contributed by atoms with Crippen LogP contribution in [-0.4, -0.2) is 25.1 Å². The lowest BCUT2D eigenvalue weighted by Crippen LogP contribution is -2.13. The van der Waals surface area contributed by atoms with Crippen LogP contribution in [0.15, 0.2) is 48.5 Å². The highest BCUT2D eigenvalue weighted by Crippen LogP contribution is 2.14. The summed E-state index contributed by atoms with van der Waals surface area (Å²) in [6.07, 6.45) is 1.95. The molecule has 0 fully saturated rings. The van der Waals surface area contributed by atoms with Crippen molar-refractivity contribution in [3.63, 3.8) is 0 Å². The lowest BCUT2D eigenvalue weighted by molar-refractivity contribution is -0.116. The average Bonchev–Trinajstić information content (AvgIpc) is 2.66. The van der Waals surface area contributed by atoms with Crippen LogP contribution < -0.4 is 10.1 Å². The standard InChI is InChI=1S/C21H25NO4/c1-3-16-10-12-19(13-11-16)26-14-6-9-20(23)22-18-8-5-7-17(15-18)21(24)25-4-2/h5,7-8,10-13,15H,3-4,6,9,14H2,1-2H3,(H,22,23). The maximum Gasteiger partial charge on any atom is 0.338 e. The summed E-state index contributed by atoms with van der Waals surface area (Å²) < 4.78 is 10.6. The zero-order valence-corrected chi connectivity index (χ0v) is 15.3. The first-order valence-electron chi connectivity index (χ1n) is 8.91. The van der Waals surface area contributed by atoms with Crippen molar-refractivity contribution in [3.05, 3.63) is 59.7 Å². The Hall–Kier alpha value is -2.82. The van der Waals surface area contributed by atoms with Crippen LogP contribution in [0.4, 0.5) is 5.69 Å². The van der Waals surface area contributed by atoms with E-state index >= 15 is 0 Å². The molecule has 0 saturated carbocycles. The van der Waals surface area contributed by atoms with Crippen LogP contribution >= 0.6 is 0 Å². The van der Waals surface area contributed by atoms with Crippen molar-refractivity contribution in [1.82, 2.24) is 0 Å². The quantitative estimate of drug-likeness (QED) is 0.540. The van der Waals surface area contributed by atoms with Crippen molar-refractivity contribution in [2.75, 3.05) is 18.5 Å². The molecule has 0 spiro atoms. The monoisotopic (exact) mass is 355 g/mol. The van der Waals surface area contributed by atoms with Gasteiger partial charge in [-0.2, -0.15) is 0 Å². The third-order valence-corrected chi connectivity index (χ3v) is 3.81. The number of benzene rings is 2. The summed E-state index contributed by atoms with van der Waals surface area (Å²) in [5, 5.41) is 2.79. The second-order valence-electron chi connectivity index (χ2n) is 5.80. The highest BCUT2D eigenvalue weighted by Gasteiger charge is 2.08. The molecule has 0 radical (unpaired) electrons. The van der Waals surface area contributed by atoms with Gasteiger partial charge in [0.05, 0.1) is 18.8 Å². The van der Waals surface area contributed by atoms with E-state index in [9.17, 15) is 9.59 Å². The predicted molar refractivity (Wildman–Crippen MR) is 102 cm³/mol. The number of esters is 1. The van der Waals surface area contributed by atoms with E-state index in [1.165, 1.54) is 5.56 Å². The van der Waals surface area contributed by atoms with Gasteiger partial charge < -0.3 is 14.8 Å². The van der Waals surface area contributed by atoms with Gasteiger partial charge in [-0.05, 0) is 55.7 Å². The number of anilines is 1. The van der Waals surface area contributed by atoms with Crippen molar-refractivity contribution in [3.8, 4) is 5.75 Å². The first-order valence-corrected chi connectivity index (χ1v) is 8.91. The molecular weight excluding hydrogens is 330 g/mol. The molecule has 0 aliphatic rings. The van der Waals surface area contributed by atoms with Crippen LogP contribution in [0.2, 0.25) is 0 Å². The van der Waals surface area contributed by atoms with Crippen molar-refractivity contribution < 1.29 is 19.1 Å².